The van der Waals surface area contributed by atoms with Crippen LogP contribution < -0.4 is 10.3 Å². The number of ether oxygens (including phenoxy) is 2. The molecule has 3 aromatic rings. The van der Waals surface area contributed by atoms with Gasteiger partial charge in [0.25, 0.3) is 5.56 Å². The maximum absolute atomic E-state index is 12.9. The van der Waals surface area contributed by atoms with Crippen LogP contribution in [0.1, 0.15) is 22.8 Å². The second kappa shape index (κ2) is 8.77. The summed E-state index contributed by atoms with van der Waals surface area (Å²) in [7, 11) is 0. The highest BCUT2D eigenvalue weighted by atomic mass is 16.5. The number of para-hydroxylation sites is 1. The number of nitrogens with one attached hydrogen (secondary N) is 1. The van der Waals surface area contributed by atoms with Gasteiger partial charge in [-0.05, 0) is 43.7 Å². The maximum Gasteiger partial charge on any atom is 0.259 e. The molecule has 0 saturated carbocycles. The van der Waals surface area contributed by atoms with Crippen LogP contribution in [-0.4, -0.2) is 60.1 Å². The molecule has 0 radical (unpaired) electrons. The molecule has 7 nitrogen and oxygen atoms in total. The van der Waals surface area contributed by atoms with E-state index >= 15 is 0 Å². The summed E-state index contributed by atoms with van der Waals surface area (Å²) in [6.07, 6.45) is 0. The van der Waals surface area contributed by atoms with E-state index in [-0.39, 0.29) is 11.3 Å². The summed E-state index contributed by atoms with van der Waals surface area (Å²) in [5.74, 6) is 0.989. The number of benzene rings is 2. The standard InChI is InChI=1S/C23H25N3O4/c1-3-30-20-8-7-16(19(27)14-26-9-11-29-12-10-26)13-18(20)22-24-21-15(2)5-4-6-17(21)23(28)25-22/h4-8,13H,3,9-12,14H2,1-2H3,(H,24,25,28). The molecule has 1 aliphatic heterocycles. The fraction of sp³-hybridized carbons (Fsp3) is 0.348. The van der Waals surface area contributed by atoms with E-state index in [1.165, 1.54) is 0 Å². The minimum atomic E-state index is -0.216. The third kappa shape index (κ3) is 4.13. The molecule has 156 valence electrons. The summed E-state index contributed by atoms with van der Waals surface area (Å²) >= 11 is 0. The average Bonchev–Trinajstić information content (AvgIpc) is 2.75. The van der Waals surface area contributed by atoms with Gasteiger partial charge in [0.05, 0.1) is 42.8 Å². The zero-order valence-electron chi connectivity index (χ0n) is 17.2. The van der Waals surface area contributed by atoms with Gasteiger partial charge in [0.2, 0.25) is 0 Å². The van der Waals surface area contributed by atoms with Crippen molar-refractivity contribution in [3.63, 3.8) is 0 Å². The molecular formula is C23H25N3O4. The van der Waals surface area contributed by atoms with Crippen molar-refractivity contribution in [1.82, 2.24) is 14.9 Å². The van der Waals surface area contributed by atoms with Crippen LogP contribution in [-0.2, 0) is 4.74 Å². The number of hydrogen-bond acceptors (Lipinski definition) is 6. The van der Waals surface area contributed by atoms with E-state index in [0.29, 0.717) is 60.0 Å². The van der Waals surface area contributed by atoms with Crippen molar-refractivity contribution in [2.24, 2.45) is 0 Å². The van der Waals surface area contributed by atoms with Gasteiger partial charge in [0.1, 0.15) is 11.6 Å². The molecule has 0 atom stereocenters. The maximum atomic E-state index is 12.9. The highest BCUT2D eigenvalue weighted by molar-refractivity contribution is 5.99. The first-order chi connectivity index (χ1) is 14.6. The number of nitrogens with zero attached hydrogens (tertiary/aromatic N) is 2. The van der Waals surface area contributed by atoms with Crippen LogP contribution in [0.2, 0.25) is 0 Å². The lowest BCUT2D eigenvalue weighted by molar-refractivity contribution is 0.0371. The highest BCUT2D eigenvalue weighted by Gasteiger charge is 2.19. The minimum Gasteiger partial charge on any atom is -0.493 e. The number of hydrogen-bond donors (Lipinski definition) is 1. The summed E-state index contributed by atoms with van der Waals surface area (Å²) in [4.78, 5) is 35.2. The molecule has 2 aromatic carbocycles. The minimum absolute atomic E-state index is 0.0144. The van der Waals surface area contributed by atoms with E-state index in [1.807, 2.05) is 26.0 Å². The molecule has 4 rings (SSSR count). The van der Waals surface area contributed by atoms with Gasteiger partial charge >= 0.3 is 0 Å². The number of fused-ring (bicyclic) bond motifs is 1. The molecule has 1 aliphatic rings. The number of aromatic amines is 1. The van der Waals surface area contributed by atoms with Crippen molar-refractivity contribution in [2.45, 2.75) is 13.8 Å². The van der Waals surface area contributed by atoms with Gasteiger partial charge in [-0.2, -0.15) is 0 Å². The summed E-state index contributed by atoms with van der Waals surface area (Å²) < 4.78 is 11.1. The number of carbonyl (C=O) groups is 1. The number of rotatable bonds is 6. The van der Waals surface area contributed by atoms with Crippen molar-refractivity contribution in [1.29, 1.82) is 0 Å². The highest BCUT2D eigenvalue weighted by Crippen LogP contribution is 2.30. The molecule has 1 fully saturated rings. The van der Waals surface area contributed by atoms with Gasteiger partial charge in [-0.15, -0.1) is 0 Å². The zero-order chi connectivity index (χ0) is 21.1. The number of aryl methyl sites for hydroxylation is 1. The molecule has 0 aliphatic carbocycles. The van der Waals surface area contributed by atoms with E-state index in [1.54, 1.807) is 24.3 Å². The molecule has 7 heteroatoms. The molecule has 0 bridgehead atoms. The van der Waals surface area contributed by atoms with Gasteiger partial charge in [-0.1, -0.05) is 12.1 Å². The SMILES string of the molecule is CCOc1ccc(C(=O)CN2CCOCC2)cc1-c1nc2c(C)cccc2c(=O)[nH]1. The van der Waals surface area contributed by atoms with Crippen molar-refractivity contribution >= 4 is 16.7 Å². The quantitative estimate of drug-likeness (QED) is 0.633. The van der Waals surface area contributed by atoms with E-state index in [4.69, 9.17) is 14.5 Å². The molecule has 1 aromatic heterocycles. The lowest BCUT2D eigenvalue weighted by atomic mass is 10.0. The van der Waals surface area contributed by atoms with Crippen LogP contribution in [0.5, 0.6) is 5.75 Å². The second-order valence-electron chi connectivity index (χ2n) is 7.34. The number of Topliss-reactive ketones (excluding diaryl/α,β-unsaturated/α-hetero) is 1. The first kappa shape index (κ1) is 20.3. The number of aromatic nitrogens is 2. The lowest BCUT2D eigenvalue weighted by Crippen LogP contribution is -2.39. The molecular weight excluding hydrogens is 382 g/mol. The Bertz CT molecular complexity index is 1130. The average molecular weight is 407 g/mol. The normalized spacial score (nSPS) is 14.7. The van der Waals surface area contributed by atoms with Gasteiger partial charge in [0.15, 0.2) is 5.78 Å². The van der Waals surface area contributed by atoms with Crippen molar-refractivity contribution in [2.75, 3.05) is 39.5 Å². The predicted molar refractivity (Wildman–Crippen MR) is 115 cm³/mol. The molecule has 2 heterocycles. The van der Waals surface area contributed by atoms with E-state index in [2.05, 4.69) is 9.88 Å². The summed E-state index contributed by atoms with van der Waals surface area (Å²) in [5, 5.41) is 0.538. The first-order valence-electron chi connectivity index (χ1n) is 10.2. The van der Waals surface area contributed by atoms with Crippen molar-refractivity contribution in [3.05, 3.63) is 57.9 Å². The Hall–Kier alpha value is -3.03. The Balaban J connectivity index is 1.75. The fourth-order valence-corrected chi connectivity index (χ4v) is 3.66. The zero-order valence-corrected chi connectivity index (χ0v) is 17.2. The van der Waals surface area contributed by atoms with Crippen LogP contribution in [0.15, 0.2) is 41.2 Å². The van der Waals surface area contributed by atoms with Gasteiger partial charge in [-0.3, -0.25) is 14.5 Å². The lowest BCUT2D eigenvalue weighted by Gasteiger charge is -2.25. The van der Waals surface area contributed by atoms with E-state index in [9.17, 15) is 9.59 Å². The first-order valence-corrected chi connectivity index (χ1v) is 10.2. The summed E-state index contributed by atoms with van der Waals surface area (Å²) in [6, 6.07) is 10.8. The monoisotopic (exact) mass is 407 g/mol. The predicted octanol–water partition coefficient (Wildman–Crippen LogP) is 2.81. The number of morpholine rings is 1. The van der Waals surface area contributed by atoms with Gasteiger partial charge < -0.3 is 14.5 Å². The third-order valence-electron chi connectivity index (χ3n) is 5.27. The molecule has 1 saturated heterocycles. The van der Waals surface area contributed by atoms with Crippen LogP contribution in [0.4, 0.5) is 0 Å². The van der Waals surface area contributed by atoms with Crippen LogP contribution in [0, 0.1) is 6.92 Å². The fourth-order valence-electron chi connectivity index (χ4n) is 3.66. The smallest absolute Gasteiger partial charge is 0.259 e. The second-order valence-corrected chi connectivity index (χ2v) is 7.34. The third-order valence-corrected chi connectivity index (χ3v) is 5.27. The molecule has 30 heavy (non-hydrogen) atoms. The van der Waals surface area contributed by atoms with E-state index in [0.717, 1.165) is 18.7 Å². The number of H-pyrrole nitrogens is 1. The Morgan fingerprint density at radius 2 is 2.03 bits per heavy atom. The Morgan fingerprint density at radius 3 is 2.80 bits per heavy atom. The van der Waals surface area contributed by atoms with Crippen LogP contribution in [0.25, 0.3) is 22.3 Å². The van der Waals surface area contributed by atoms with Gasteiger partial charge in [0, 0.05) is 18.7 Å². The molecule has 1 N–H and O–H groups in total. The largest absolute Gasteiger partial charge is 0.493 e. The van der Waals surface area contributed by atoms with E-state index < -0.39 is 0 Å². The Kier molecular flexibility index (Phi) is 5.92. The summed E-state index contributed by atoms with van der Waals surface area (Å²) in [5.41, 5.74) is 2.51. The molecule has 0 unspecified atom stereocenters. The summed E-state index contributed by atoms with van der Waals surface area (Å²) in [6.45, 7) is 7.38. The Morgan fingerprint density at radius 1 is 1.23 bits per heavy atom. The molecule has 0 spiro atoms. The van der Waals surface area contributed by atoms with Crippen LogP contribution in [0.3, 0.4) is 0 Å². The number of ketones is 1. The van der Waals surface area contributed by atoms with Crippen LogP contribution >= 0.6 is 0 Å². The topological polar surface area (TPSA) is 84.5 Å². The van der Waals surface area contributed by atoms with Crippen molar-refractivity contribution in [3.8, 4) is 17.1 Å². The van der Waals surface area contributed by atoms with Gasteiger partial charge in [-0.25, -0.2) is 4.98 Å². The van der Waals surface area contributed by atoms with Crippen molar-refractivity contribution < 1.29 is 14.3 Å². The number of carbonyl (C=O) groups excluding carboxylic acids is 1. The molecule has 0 amide bonds. The Labute approximate surface area is 174 Å².